The van der Waals surface area contributed by atoms with E-state index in [0.717, 1.165) is 16.8 Å². The van der Waals surface area contributed by atoms with Crippen LogP contribution in [0.2, 0.25) is 0 Å². The van der Waals surface area contributed by atoms with Gasteiger partial charge in [0.2, 0.25) is 0 Å². The SMILES string of the molecule is Cc1cc(-c2cn[nH]c2)cnn1. The van der Waals surface area contributed by atoms with Gasteiger partial charge in [0.05, 0.1) is 18.1 Å². The summed E-state index contributed by atoms with van der Waals surface area (Å²) in [6.07, 6.45) is 5.31. The minimum absolute atomic E-state index is 0.911. The lowest BCUT2D eigenvalue weighted by molar-refractivity contribution is 0.983. The summed E-state index contributed by atoms with van der Waals surface area (Å²) >= 11 is 0. The van der Waals surface area contributed by atoms with Gasteiger partial charge in [0.25, 0.3) is 0 Å². The Balaban J connectivity index is 2.48. The second-order valence-corrected chi connectivity index (χ2v) is 2.57. The molecule has 2 aromatic rings. The molecule has 0 aliphatic heterocycles. The molecule has 2 aromatic heterocycles. The van der Waals surface area contributed by atoms with Crippen LogP contribution in [0.5, 0.6) is 0 Å². The fraction of sp³-hybridized carbons (Fsp3) is 0.125. The van der Waals surface area contributed by atoms with Crippen LogP contribution in [-0.2, 0) is 0 Å². The molecule has 0 spiro atoms. The Morgan fingerprint density at radius 3 is 2.83 bits per heavy atom. The van der Waals surface area contributed by atoms with Gasteiger partial charge in [-0.25, -0.2) is 0 Å². The highest BCUT2D eigenvalue weighted by Crippen LogP contribution is 2.15. The molecule has 0 bridgehead atoms. The van der Waals surface area contributed by atoms with Crippen molar-refractivity contribution in [1.82, 2.24) is 20.4 Å². The maximum atomic E-state index is 3.87. The van der Waals surface area contributed by atoms with Crippen molar-refractivity contribution in [3.63, 3.8) is 0 Å². The van der Waals surface area contributed by atoms with Crippen molar-refractivity contribution >= 4 is 0 Å². The molecule has 0 fully saturated rings. The summed E-state index contributed by atoms with van der Waals surface area (Å²) in [5, 5.41) is 14.3. The van der Waals surface area contributed by atoms with Crippen molar-refractivity contribution < 1.29 is 0 Å². The number of hydrogen-bond donors (Lipinski definition) is 1. The molecular formula is C8H8N4. The molecule has 0 saturated carbocycles. The van der Waals surface area contributed by atoms with Gasteiger partial charge in [0, 0.05) is 17.3 Å². The molecule has 0 radical (unpaired) electrons. The predicted molar refractivity (Wildman–Crippen MR) is 44.4 cm³/mol. The normalized spacial score (nSPS) is 10.1. The van der Waals surface area contributed by atoms with Gasteiger partial charge in [0.1, 0.15) is 0 Å². The standard InChI is InChI=1S/C8H8N4/c1-6-2-7(3-11-12-6)8-4-9-10-5-8/h2-5H,1H3,(H,9,10). The van der Waals surface area contributed by atoms with E-state index >= 15 is 0 Å². The number of aromatic nitrogens is 4. The van der Waals surface area contributed by atoms with E-state index in [1.165, 1.54) is 0 Å². The maximum Gasteiger partial charge on any atom is 0.0606 e. The Morgan fingerprint density at radius 2 is 2.17 bits per heavy atom. The Morgan fingerprint density at radius 1 is 1.25 bits per heavy atom. The van der Waals surface area contributed by atoms with Gasteiger partial charge in [-0.3, -0.25) is 5.10 Å². The summed E-state index contributed by atoms with van der Waals surface area (Å²) in [5.74, 6) is 0. The van der Waals surface area contributed by atoms with Crippen LogP contribution in [0, 0.1) is 6.92 Å². The van der Waals surface area contributed by atoms with Gasteiger partial charge in [-0.15, -0.1) is 0 Å². The molecule has 0 aromatic carbocycles. The molecule has 0 atom stereocenters. The Labute approximate surface area is 69.7 Å². The van der Waals surface area contributed by atoms with Crippen LogP contribution in [0.3, 0.4) is 0 Å². The van der Waals surface area contributed by atoms with Crippen molar-refractivity contribution in [2.24, 2.45) is 0 Å². The first-order chi connectivity index (χ1) is 5.86. The van der Waals surface area contributed by atoms with E-state index in [1.807, 2.05) is 19.2 Å². The van der Waals surface area contributed by atoms with Gasteiger partial charge in [-0.2, -0.15) is 15.3 Å². The lowest BCUT2D eigenvalue weighted by Gasteiger charge is -1.95. The van der Waals surface area contributed by atoms with Gasteiger partial charge in [-0.05, 0) is 13.0 Å². The summed E-state index contributed by atoms with van der Waals surface area (Å²) in [6, 6.07) is 1.97. The summed E-state index contributed by atoms with van der Waals surface area (Å²) < 4.78 is 0. The first-order valence-electron chi connectivity index (χ1n) is 3.65. The van der Waals surface area contributed by atoms with Crippen LogP contribution in [0.1, 0.15) is 5.69 Å². The lowest BCUT2D eigenvalue weighted by Crippen LogP contribution is -1.85. The first-order valence-corrected chi connectivity index (χ1v) is 3.65. The van der Waals surface area contributed by atoms with E-state index in [2.05, 4.69) is 20.4 Å². The molecule has 0 amide bonds. The number of H-pyrrole nitrogens is 1. The summed E-state index contributed by atoms with van der Waals surface area (Å²) in [4.78, 5) is 0. The van der Waals surface area contributed by atoms with Gasteiger partial charge < -0.3 is 0 Å². The summed E-state index contributed by atoms with van der Waals surface area (Å²) in [5.41, 5.74) is 2.98. The zero-order valence-corrected chi connectivity index (χ0v) is 6.65. The van der Waals surface area contributed by atoms with E-state index in [9.17, 15) is 0 Å². The Bertz CT molecular complexity index is 366. The van der Waals surface area contributed by atoms with Crippen molar-refractivity contribution in [3.05, 3.63) is 30.4 Å². The highest BCUT2D eigenvalue weighted by atomic mass is 15.1. The molecule has 1 N–H and O–H groups in total. The number of rotatable bonds is 1. The molecular weight excluding hydrogens is 152 g/mol. The van der Waals surface area contributed by atoms with Crippen LogP contribution in [-0.4, -0.2) is 20.4 Å². The van der Waals surface area contributed by atoms with Gasteiger partial charge in [-0.1, -0.05) is 0 Å². The van der Waals surface area contributed by atoms with Crippen LogP contribution >= 0.6 is 0 Å². The van der Waals surface area contributed by atoms with Gasteiger partial charge in [0.15, 0.2) is 0 Å². The Kier molecular flexibility index (Phi) is 1.59. The van der Waals surface area contributed by atoms with Crippen LogP contribution in [0.15, 0.2) is 24.7 Å². The molecule has 0 aliphatic rings. The monoisotopic (exact) mass is 160 g/mol. The third-order valence-corrected chi connectivity index (χ3v) is 1.61. The van der Waals surface area contributed by atoms with Crippen LogP contribution < -0.4 is 0 Å². The third-order valence-electron chi connectivity index (χ3n) is 1.61. The van der Waals surface area contributed by atoms with Crippen molar-refractivity contribution in [2.75, 3.05) is 0 Å². The second-order valence-electron chi connectivity index (χ2n) is 2.57. The van der Waals surface area contributed by atoms with E-state index in [1.54, 1.807) is 12.4 Å². The zero-order valence-electron chi connectivity index (χ0n) is 6.65. The number of nitrogens with zero attached hydrogens (tertiary/aromatic N) is 3. The molecule has 0 saturated heterocycles. The zero-order chi connectivity index (χ0) is 8.39. The minimum atomic E-state index is 0.911. The van der Waals surface area contributed by atoms with Gasteiger partial charge >= 0.3 is 0 Å². The van der Waals surface area contributed by atoms with E-state index in [4.69, 9.17) is 0 Å². The topological polar surface area (TPSA) is 54.5 Å². The number of hydrogen-bond acceptors (Lipinski definition) is 3. The molecule has 12 heavy (non-hydrogen) atoms. The molecule has 2 rings (SSSR count). The van der Waals surface area contributed by atoms with Crippen molar-refractivity contribution in [2.45, 2.75) is 6.92 Å². The molecule has 4 nitrogen and oxygen atoms in total. The molecule has 0 aliphatic carbocycles. The average molecular weight is 160 g/mol. The van der Waals surface area contributed by atoms with Crippen molar-refractivity contribution in [1.29, 1.82) is 0 Å². The minimum Gasteiger partial charge on any atom is -0.285 e. The predicted octanol–water partition coefficient (Wildman–Crippen LogP) is 1.18. The number of aryl methyl sites for hydroxylation is 1. The molecule has 4 heteroatoms. The second kappa shape index (κ2) is 2.73. The van der Waals surface area contributed by atoms with Crippen LogP contribution in [0.25, 0.3) is 11.1 Å². The molecule has 2 heterocycles. The van der Waals surface area contributed by atoms with Crippen molar-refractivity contribution in [3.8, 4) is 11.1 Å². The number of aromatic amines is 1. The average Bonchev–Trinajstić information content (AvgIpc) is 2.56. The fourth-order valence-electron chi connectivity index (χ4n) is 1.04. The number of nitrogens with one attached hydrogen (secondary N) is 1. The smallest absolute Gasteiger partial charge is 0.0606 e. The van der Waals surface area contributed by atoms with E-state index < -0.39 is 0 Å². The fourth-order valence-corrected chi connectivity index (χ4v) is 1.04. The highest BCUT2D eigenvalue weighted by molar-refractivity contribution is 5.60. The molecule has 60 valence electrons. The largest absolute Gasteiger partial charge is 0.285 e. The lowest BCUT2D eigenvalue weighted by atomic mass is 10.2. The molecule has 0 unspecified atom stereocenters. The highest BCUT2D eigenvalue weighted by Gasteiger charge is 1.98. The first kappa shape index (κ1) is 6.97. The third kappa shape index (κ3) is 1.18. The summed E-state index contributed by atoms with van der Waals surface area (Å²) in [6.45, 7) is 1.91. The van der Waals surface area contributed by atoms with E-state index in [0.29, 0.717) is 0 Å². The van der Waals surface area contributed by atoms with Crippen LogP contribution in [0.4, 0.5) is 0 Å². The van der Waals surface area contributed by atoms with E-state index in [-0.39, 0.29) is 0 Å². The Hall–Kier alpha value is -1.71. The maximum absolute atomic E-state index is 3.87. The quantitative estimate of drug-likeness (QED) is 0.681. The summed E-state index contributed by atoms with van der Waals surface area (Å²) in [7, 11) is 0.